The van der Waals surface area contributed by atoms with Crippen LogP contribution in [-0.4, -0.2) is 16.7 Å². The van der Waals surface area contributed by atoms with Gasteiger partial charge in [0.25, 0.3) is 0 Å². The van der Waals surface area contributed by atoms with E-state index in [1.54, 1.807) is 25.3 Å². The Balaban J connectivity index is 2.27. The Morgan fingerprint density at radius 3 is 2.75 bits per heavy atom. The Bertz CT molecular complexity index is 795. The van der Waals surface area contributed by atoms with Crippen molar-refractivity contribution in [1.29, 1.82) is 0 Å². The molecule has 2 N–H and O–H groups in total. The highest BCUT2D eigenvalue weighted by Gasteiger charge is 2.14. The average molecular weight is 271 g/mol. The van der Waals surface area contributed by atoms with Crippen molar-refractivity contribution in [1.82, 2.24) is 9.55 Å². The number of halogens is 1. The molecule has 0 aliphatic carbocycles. The van der Waals surface area contributed by atoms with E-state index in [9.17, 15) is 4.39 Å². The minimum atomic E-state index is -0.300. The largest absolute Gasteiger partial charge is 0.496 e. The summed E-state index contributed by atoms with van der Waals surface area (Å²) in [6.07, 6.45) is 0. The highest BCUT2D eigenvalue weighted by atomic mass is 19.1. The van der Waals surface area contributed by atoms with Gasteiger partial charge >= 0.3 is 0 Å². The van der Waals surface area contributed by atoms with E-state index in [1.165, 1.54) is 12.1 Å². The molecule has 0 saturated carbocycles. The van der Waals surface area contributed by atoms with Gasteiger partial charge in [-0.25, -0.2) is 9.37 Å². The van der Waals surface area contributed by atoms with Gasteiger partial charge in [-0.05, 0) is 24.3 Å². The number of aryl methyl sites for hydroxylation is 1. The maximum Gasteiger partial charge on any atom is 0.144 e. The van der Waals surface area contributed by atoms with E-state index >= 15 is 0 Å². The molecule has 0 saturated heterocycles. The molecule has 3 aromatic rings. The maximum absolute atomic E-state index is 13.3. The van der Waals surface area contributed by atoms with Crippen molar-refractivity contribution in [2.24, 2.45) is 7.05 Å². The first-order valence-corrected chi connectivity index (χ1v) is 6.16. The Morgan fingerprint density at radius 1 is 1.20 bits per heavy atom. The van der Waals surface area contributed by atoms with Crippen molar-refractivity contribution < 1.29 is 9.13 Å². The molecular weight excluding hydrogens is 257 g/mol. The van der Waals surface area contributed by atoms with Crippen molar-refractivity contribution in [2.45, 2.75) is 0 Å². The number of methoxy groups -OCH3 is 1. The van der Waals surface area contributed by atoms with Gasteiger partial charge in [0, 0.05) is 24.9 Å². The number of imidazole rings is 1. The van der Waals surface area contributed by atoms with Gasteiger partial charge < -0.3 is 15.0 Å². The highest BCUT2D eigenvalue weighted by Crippen LogP contribution is 2.32. The summed E-state index contributed by atoms with van der Waals surface area (Å²) in [5, 5.41) is 0. The van der Waals surface area contributed by atoms with Crippen molar-refractivity contribution in [3.63, 3.8) is 0 Å². The number of ether oxygens (including phenoxy) is 1. The summed E-state index contributed by atoms with van der Waals surface area (Å²) in [6.45, 7) is 0. The molecule has 1 heterocycles. The topological polar surface area (TPSA) is 53.1 Å². The molecule has 0 aliphatic heterocycles. The van der Waals surface area contributed by atoms with Crippen molar-refractivity contribution >= 4 is 16.7 Å². The minimum Gasteiger partial charge on any atom is -0.496 e. The first-order chi connectivity index (χ1) is 9.60. The second-order valence-corrected chi connectivity index (χ2v) is 4.59. The lowest BCUT2D eigenvalue weighted by Crippen LogP contribution is -1.96. The van der Waals surface area contributed by atoms with Crippen LogP contribution in [0.1, 0.15) is 0 Å². The molecule has 3 rings (SSSR count). The first-order valence-electron chi connectivity index (χ1n) is 6.16. The first kappa shape index (κ1) is 12.5. The molecule has 4 nitrogen and oxygen atoms in total. The molecule has 0 radical (unpaired) electrons. The number of fused-ring (bicyclic) bond motifs is 1. The second-order valence-electron chi connectivity index (χ2n) is 4.59. The average Bonchev–Trinajstić information content (AvgIpc) is 2.75. The number of aromatic nitrogens is 2. The molecule has 0 aliphatic rings. The molecule has 102 valence electrons. The summed E-state index contributed by atoms with van der Waals surface area (Å²) < 4.78 is 20.5. The SMILES string of the molecule is COc1cc(N)ccc1-c1nc2cc(F)ccc2n1C. The van der Waals surface area contributed by atoms with Crippen LogP contribution in [0.3, 0.4) is 0 Å². The smallest absolute Gasteiger partial charge is 0.144 e. The fourth-order valence-corrected chi connectivity index (χ4v) is 2.31. The standard InChI is InChI=1S/C15H14FN3O/c1-19-13-6-3-9(16)7-12(13)18-15(19)11-5-4-10(17)8-14(11)20-2/h3-8H,17H2,1-2H3. The molecule has 5 heteroatoms. The molecule has 0 spiro atoms. The summed E-state index contributed by atoms with van der Waals surface area (Å²) in [6, 6.07) is 9.94. The monoisotopic (exact) mass is 271 g/mol. The predicted octanol–water partition coefficient (Wildman–Crippen LogP) is 2.97. The number of rotatable bonds is 2. The third-order valence-electron chi connectivity index (χ3n) is 3.31. The van der Waals surface area contributed by atoms with Crippen molar-refractivity contribution in [3.05, 3.63) is 42.2 Å². The number of nitrogens with zero attached hydrogens (tertiary/aromatic N) is 2. The van der Waals surface area contributed by atoms with Crippen molar-refractivity contribution in [3.8, 4) is 17.1 Å². The number of hydrogen-bond acceptors (Lipinski definition) is 3. The third-order valence-corrected chi connectivity index (χ3v) is 3.31. The Morgan fingerprint density at radius 2 is 2.00 bits per heavy atom. The van der Waals surface area contributed by atoms with Gasteiger partial charge in [0.05, 0.1) is 23.7 Å². The molecule has 0 fully saturated rings. The molecule has 0 bridgehead atoms. The van der Waals surface area contributed by atoms with Crippen LogP contribution in [0.25, 0.3) is 22.4 Å². The summed E-state index contributed by atoms with van der Waals surface area (Å²) in [7, 11) is 3.47. The molecule has 0 unspecified atom stereocenters. The lowest BCUT2D eigenvalue weighted by Gasteiger charge is -2.09. The number of nitrogens with two attached hydrogens (primary N) is 1. The van der Waals surface area contributed by atoms with Crippen molar-refractivity contribution in [2.75, 3.05) is 12.8 Å². The fraction of sp³-hybridized carbons (Fsp3) is 0.133. The molecule has 1 aromatic heterocycles. The van der Waals surface area contributed by atoms with Gasteiger partial charge in [-0.2, -0.15) is 0 Å². The number of anilines is 1. The maximum atomic E-state index is 13.3. The number of hydrogen-bond donors (Lipinski definition) is 1. The quantitative estimate of drug-likeness (QED) is 0.729. The lowest BCUT2D eigenvalue weighted by molar-refractivity contribution is 0.416. The zero-order valence-electron chi connectivity index (χ0n) is 11.2. The van der Waals surface area contributed by atoms with Crippen LogP contribution in [0, 0.1) is 5.82 Å². The zero-order chi connectivity index (χ0) is 14.3. The summed E-state index contributed by atoms with van der Waals surface area (Å²) in [5.41, 5.74) is 8.67. The van der Waals surface area contributed by atoms with Crippen LogP contribution < -0.4 is 10.5 Å². The molecule has 0 atom stereocenters. The molecule has 20 heavy (non-hydrogen) atoms. The lowest BCUT2D eigenvalue weighted by atomic mass is 10.1. The minimum absolute atomic E-state index is 0.300. The van der Waals surface area contributed by atoms with E-state index in [2.05, 4.69) is 4.98 Å². The van der Waals surface area contributed by atoms with E-state index < -0.39 is 0 Å². The second kappa shape index (κ2) is 4.52. The Kier molecular flexibility index (Phi) is 2.82. The fourth-order valence-electron chi connectivity index (χ4n) is 2.31. The van der Waals surface area contributed by atoms with Gasteiger partial charge in [0.15, 0.2) is 0 Å². The highest BCUT2D eigenvalue weighted by molar-refractivity contribution is 5.82. The normalized spacial score (nSPS) is 10.9. The van der Waals surface area contributed by atoms with Gasteiger partial charge in [0.2, 0.25) is 0 Å². The van der Waals surface area contributed by atoms with E-state index in [0.29, 0.717) is 22.8 Å². The van der Waals surface area contributed by atoms with Crippen LogP contribution in [-0.2, 0) is 7.05 Å². The third kappa shape index (κ3) is 1.87. The van der Waals surface area contributed by atoms with Crippen LogP contribution in [0.5, 0.6) is 5.75 Å². The van der Waals surface area contributed by atoms with E-state index in [1.807, 2.05) is 17.7 Å². The Labute approximate surface area is 115 Å². The van der Waals surface area contributed by atoms with E-state index in [0.717, 1.165) is 11.1 Å². The number of benzene rings is 2. The summed E-state index contributed by atoms with van der Waals surface area (Å²) in [4.78, 5) is 4.48. The van der Waals surface area contributed by atoms with Crippen LogP contribution in [0.2, 0.25) is 0 Å². The van der Waals surface area contributed by atoms with Crippen LogP contribution in [0.4, 0.5) is 10.1 Å². The van der Waals surface area contributed by atoms with Crippen LogP contribution >= 0.6 is 0 Å². The van der Waals surface area contributed by atoms with Crippen LogP contribution in [0.15, 0.2) is 36.4 Å². The summed E-state index contributed by atoms with van der Waals surface area (Å²) in [5.74, 6) is 1.05. The molecule has 2 aromatic carbocycles. The van der Waals surface area contributed by atoms with Gasteiger partial charge in [-0.3, -0.25) is 0 Å². The Hall–Kier alpha value is -2.56. The van der Waals surface area contributed by atoms with Gasteiger partial charge in [-0.1, -0.05) is 0 Å². The van der Waals surface area contributed by atoms with Gasteiger partial charge in [-0.15, -0.1) is 0 Å². The molecular formula is C15H14FN3O. The predicted molar refractivity (Wildman–Crippen MR) is 77.1 cm³/mol. The zero-order valence-corrected chi connectivity index (χ0v) is 11.2. The number of nitrogen functional groups attached to an aromatic ring is 1. The summed E-state index contributed by atoms with van der Waals surface area (Å²) >= 11 is 0. The van der Waals surface area contributed by atoms with Gasteiger partial charge in [0.1, 0.15) is 17.4 Å². The molecule has 0 amide bonds. The van der Waals surface area contributed by atoms with E-state index in [4.69, 9.17) is 10.5 Å². The van der Waals surface area contributed by atoms with E-state index in [-0.39, 0.29) is 5.82 Å².